The van der Waals surface area contributed by atoms with Crippen LogP contribution in [0.3, 0.4) is 0 Å². The van der Waals surface area contributed by atoms with Gasteiger partial charge in [-0.05, 0) is 30.5 Å². The highest BCUT2D eigenvalue weighted by Crippen LogP contribution is 2.21. The average molecular weight is 361 g/mol. The van der Waals surface area contributed by atoms with E-state index in [0.717, 1.165) is 24.8 Å². The summed E-state index contributed by atoms with van der Waals surface area (Å²) in [6.45, 7) is 1.45. The van der Waals surface area contributed by atoms with Crippen LogP contribution in [-0.2, 0) is 10.0 Å². The van der Waals surface area contributed by atoms with E-state index in [1.165, 1.54) is 10.5 Å². The molecule has 0 aliphatic carbocycles. The third kappa shape index (κ3) is 4.36. The van der Waals surface area contributed by atoms with Crippen LogP contribution in [0, 0.1) is 0 Å². The number of hydrogen-bond donors (Lipinski definition) is 2. The van der Waals surface area contributed by atoms with Gasteiger partial charge in [0.15, 0.2) is 0 Å². The first-order valence-corrected chi connectivity index (χ1v) is 9.94. The summed E-state index contributed by atoms with van der Waals surface area (Å²) >= 11 is 0. The van der Waals surface area contributed by atoms with Gasteiger partial charge in [-0.2, -0.15) is 4.31 Å². The Labute approximate surface area is 148 Å². The molecular formula is C18H23N3O3S. The normalized spacial score (nSPS) is 17.2. The summed E-state index contributed by atoms with van der Waals surface area (Å²) in [4.78, 5) is 4.39. The fourth-order valence-electron chi connectivity index (χ4n) is 2.89. The fourth-order valence-corrected chi connectivity index (χ4v) is 4.35. The van der Waals surface area contributed by atoms with Gasteiger partial charge in [-0.25, -0.2) is 13.4 Å². The van der Waals surface area contributed by atoms with Gasteiger partial charge in [0.25, 0.3) is 0 Å². The summed E-state index contributed by atoms with van der Waals surface area (Å²) in [5, 5.41) is 13.2. The summed E-state index contributed by atoms with van der Waals surface area (Å²) in [5.74, 6) is 0.535. The van der Waals surface area contributed by atoms with Gasteiger partial charge in [0.2, 0.25) is 10.0 Å². The topological polar surface area (TPSA) is 82.5 Å². The second-order valence-electron chi connectivity index (χ2n) is 6.15. The Bertz CT molecular complexity index is 773. The van der Waals surface area contributed by atoms with Crippen molar-refractivity contribution in [2.45, 2.75) is 30.3 Å². The highest BCUT2D eigenvalue weighted by molar-refractivity contribution is 7.89. The molecule has 0 saturated carbocycles. The number of aliphatic hydroxyl groups is 1. The third-order valence-corrected chi connectivity index (χ3v) is 6.23. The lowest BCUT2D eigenvalue weighted by Crippen LogP contribution is -2.35. The lowest BCUT2D eigenvalue weighted by molar-refractivity contribution is 0.191. The van der Waals surface area contributed by atoms with Crippen LogP contribution >= 0.6 is 0 Å². The molecule has 2 aromatic rings. The molecule has 1 fully saturated rings. The zero-order valence-corrected chi connectivity index (χ0v) is 14.8. The van der Waals surface area contributed by atoms with Crippen LogP contribution in [0.5, 0.6) is 0 Å². The number of nitrogens with one attached hydrogen (secondary N) is 1. The Balaban J connectivity index is 1.62. The minimum atomic E-state index is -3.46. The summed E-state index contributed by atoms with van der Waals surface area (Å²) in [6.07, 6.45) is 3.62. The molecule has 1 aliphatic rings. The molecule has 2 heterocycles. The molecule has 1 aromatic heterocycles. The summed E-state index contributed by atoms with van der Waals surface area (Å²) < 4.78 is 26.7. The van der Waals surface area contributed by atoms with Crippen molar-refractivity contribution in [3.8, 4) is 0 Å². The number of sulfonamides is 1. The molecule has 6 nitrogen and oxygen atoms in total. The van der Waals surface area contributed by atoms with E-state index in [2.05, 4.69) is 10.3 Å². The Morgan fingerprint density at radius 3 is 2.44 bits per heavy atom. The van der Waals surface area contributed by atoms with Gasteiger partial charge in [-0.15, -0.1) is 0 Å². The van der Waals surface area contributed by atoms with Crippen molar-refractivity contribution in [1.82, 2.24) is 9.29 Å². The first-order chi connectivity index (χ1) is 12.1. The van der Waals surface area contributed by atoms with Gasteiger partial charge < -0.3 is 10.4 Å². The van der Waals surface area contributed by atoms with Crippen molar-refractivity contribution in [3.63, 3.8) is 0 Å². The number of aliphatic hydroxyl groups excluding tert-OH is 1. The molecule has 25 heavy (non-hydrogen) atoms. The third-order valence-electron chi connectivity index (χ3n) is 4.35. The number of anilines is 1. The molecular weight excluding hydrogens is 338 g/mol. The van der Waals surface area contributed by atoms with E-state index in [-0.39, 0.29) is 4.90 Å². The molecule has 0 amide bonds. The van der Waals surface area contributed by atoms with E-state index in [4.69, 9.17) is 0 Å². The molecule has 0 bridgehead atoms. The predicted octanol–water partition coefficient (Wildman–Crippen LogP) is 2.40. The molecule has 1 saturated heterocycles. The minimum absolute atomic E-state index is 0.212. The molecule has 0 unspecified atom stereocenters. The van der Waals surface area contributed by atoms with Crippen LogP contribution in [0.15, 0.2) is 53.6 Å². The molecule has 134 valence electrons. The Morgan fingerprint density at radius 2 is 1.80 bits per heavy atom. The minimum Gasteiger partial charge on any atom is -0.387 e. The van der Waals surface area contributed by atoms with Gasteiger partial charge in [0, 0.05) is 25.8 Å². The predicted molar refractivity (Wildman–Crippen MR) is 96.7 cm³/mol. The second kappa shape index (κ2) is 7.95. The summed E-state index contributed by atoms with van der Waals surface area (Å²) in [6, 6.07) is 12.5. The maximum atomic E-state index is 12.6. The zero-order valence-electron chi connectivity index (χ0n) is 14.0. The van der Waals surface area contributed by atoms with Gasteiger partial charge in [-0.3, -0.25) is 0 Å². The average Bonchev–Trinajstić information content (AvgIpc) is 2.68. The fraction of sp³-hybridized carbons (Fsp3) is 0.389. The van der Waals surface area contributed by atoms with E-state index in [0.29, 0.717) is 25.5 Å². The van der Waals surface area contributed by atoms with Crippen molar-refractivity contribution in [3.05, 3.63) is 54.2 Å². The van der Waals surface area contributed by atoms with Gasteiger partial charge >= 0.3 is 0 Å². The highest BCUT2D eigenvalue weighted by atomic mass is 32.2. The van der Waals surface area contributed by atoms with Gasteiger partial charge in [-0.1, -0.05) is 36.8 Å². The monoisotopic (exact) mass is 361 g/mol. The van der Waals surface area contributed by atoms with Crippen molar-refractivity contribution in [2.24, 2.45) is 0 Å². The number of aromatic nitrogens is 1. The lowest BCUT2D eigenvalue weighted by Gasteiger charge is -2.25. The maximum Gasteiger partial charge on any atom is 0.244 e. The summed E-state index contributed by atoms with van der Waals surface area (Å²) in [7, 11) is -3.46. The number of pyridine rings is 1. The molecule has 1 aromatic carbocycles. The van der Waals surface area contributed by atoms with E-state index in [1.807, 2.05) is 30.3 Å². The Morgan fingerprint density at radius 1 is 1.08 bits per heavy atom. The van der Waals surface area contributed by atoms with Gasteiger partial charge in [0.1, 0.15) is 10.7 Å². The molecule has 1 aliphatic heterocycles. The summed E-state index contributed by atoms with van der Waals surface area (Å²) in [5.41, 5.74) is 0.819. The first kappa shape index (κ1) is 17.8. The van der Waals surface area contributed by atoms with Crippen molar-refractivity contribution >= 4 is 15.8 Å². The second-order valence-corrected chi connectivity index (χ2v) is 8.09. The maximum absolute atomic E-state index is 12.6. The molecule has 3 rings (SSSR count). The number of piperidine rings is 1. The molecule has 7 heteroatoms. The van der Waals surface area contributed by atoms with Crippen molar-refractivity contribution in [1.29, 1.82) is 0 Å². The standard InChI is InChI=1S/C18H23N3O3S/c22-17(15-7-3-1-4-8-15)14-20-18-10-9-16(13-19-18)25(23,24)21-11-5-2-6-12-21/h1,3-4,7-10,13,17,22H,2,5-6,11-12,14H2,(H,19,20)/t17-/m0/s1. The molecule has 0 spiro atoms. The van der Waals surface area contributed by atoms with E-state index in [1.54, 1.807) is 12.1 Å². The van der Waals surface area contributed by atoms with Crippen LogP contribution in [0.2, 0.25) is 0 Å². The zero-order chi connectivity index (χ0) is 17.7. The molecule has 0 radical (unpaired) electrons. The Kier molecular flexibility index (Phi) is 5.67. The number of hydrogen-bond acceptors (Lipinski definition) is 5. The first-order valence-electron chi connectivity index (χ1n) is 8.50. The quantitative estimate of drug-likeness (QED) is 0.826. The number of nitrogens with zero attached hydrogens (tertiary/aromatic N) is 2. The van der Waals surface area contributed by atoms with Crippen LogP contribution in [0.25, 0.3) is 0 Å². The Hall–Kier alpha value is -1.96. The van der Waals surface area contributed by atoms with E-state index >= 15 is 0 Å². The number of benzene rings is 1. The van der Waals surface area contributed by atoms with Crippen molar-refractivity contribution < 1.29 is 13.5 Å². The largest absolute Gasteiger partial charge is 0.387 e. The SMILES string of the molecule is O=S(=O)(c1ccc(NC[C@H](O)c2ccccc2)nc1)N1CCCCC1. The molecule has 1 atom stereocenters. The van der Waals surface area contributed by atoms with Crippen LogP contribution in [-0.4, -0.2) is 42.4 Å². The van der Waals surface area contributed by atoms with Crippen LogP contribution in [0.1, 0.15) is 30.9 Å². The number of rotatable bonds is 6. The van der Waals surface area contributed by atoms with Gasteiger partial charge in [0.05, 0.1) is 6.10 Å². The van der Waals surface area contributed by atoms with E-state index < -0.39 is 16.1 Å². The lowest BCUT2D eigenvalue weighted by atomic mass is 10.1. The van der Waals surface area contributed by atoms with Crippen LogP contribution < -0.4 is 5.32 Å². The highest BCUT2D eigenvalue weighted by Gasteiger charge is 2.26. The van der Waals surface area contributed by atoms with E-state index in [9.17, 15) is 13.5 Å². The van der Waals surface area contributed by atoms with Crippen molar-refractivity contribution in [2.75, 3.05) is 25.0 Å². The van der Waals surface area contributed by atoms with Crippen LogP contribution in [0.4, 0.5) is 5.82 Å². The smallest absolute Gasteiger partial charge is 0.244 e. The molecule has 2 N–H and O–H groups in total.